The van der Waals surface area contributed by atoms with Crippen molar-refractivity contribution in [2.75, 3.05) is 25.5 Å². The van der Waals surface area contributed by atoms with Crippen molar-refractivity contribution in [1.82, 2.24) is 4.90 Å². The maximum absolute atomic E-state index is 5.63. The van der Waals surface area contributed by atoms with Crippen LogP contribution in [-0.2, 0) is 6.54 Å². The van der Waals surface area contributed by atoms with Crippen LogP contribution in [0.15, 0.2) is 40.8 Å². The van der Waals surface area contributed by atoms with Gasteiger partial charge in [-0.15, -0.1) is 0 Å². The van der Waals surface area contributed by atoms with Gasteiger partial charge in [-0.25, -0.2) is 0 Å². The number of fused-ring (bicyclic) bond motifs is 1. The Balaban J connectivity index is 1.53. The molecule has 0 bridgehead atoms. The minimum absolute atomic E-state index is 0.631. The zero-order chi connectivity index (χ0) is 13.9. The number of hydrogen-bond acceptors (Lipinski definition) is 3. The zero-order valence-corrected chi connectivity index (χ0v) is 12.2. The van der Waals surface area contributed by atoms with Crippen LogP contribution in [0, 0.1) is 6.92 Å². The lowest BCUT2D eigenvalue weighted by Crippen LogP contribution is -2.21. The van der Waals surface area contributed by atoms with Crippen LogP contribution in [-0.4, -0.2) is 25.0 Å². The first-order chi connectivity index (χ1) is 9.72. The van der Waals surface area contributed by atoms with E-state index in [-0.39, 0.29) is 0 Å². The van der Waals surface area contributed by atoms with Crippen LogP contribution in [0.4, 0.5) is 5.69 Å². The number of rotatable bonds is 5. The van der Waals surface area contributed by atoms with Crippen molar-refractivity contribution in [3.63, 3.8) is 0 Å². The molecule has 0 aliphatic carbocycles. The predicted molar refractivity (Wildman–Crippen MR) is 82.1 cm³/mol. The van der Waals surface area contributed by atoms with E-state index in [4.69, 9.17) is 4.42 Å². The molecule has 0 spiro atoms. The van der Waals surface area contributed by atoms with Gasteiger partial charge in [-0.2, -0.15) is 0 Å². The molecule has 0 saturated carbocycles. The van der Waals surface area contributed by atoms with E-state index < -0.39 is 0 Å². The molecule has 20 heavy (non-hydrogen) atoms. The van der Waals surface area contributed by atoms with Crippen LogP contribution < -0.4 is 5.32 Å². The molecule has 1 aromatic carbocycles. The Morgan fingerprint density at radius 1 is 1.25 bits per heavy atom. The summed E-state index contributed by atoms with van der Waals surface area (Å²) < 4.78 is 5.63. The van der Waals surface area contributed by atoms with Crippen molar-refractivity contribution in [2.45, 2.75) is 25.8 Å². The quantitative estimate of drug-likeness (QED) is 0.899. The van der Waals surface area contributed by atoms with Gasteiger partial charge in [-0.1, -0.05) is 18.2 Å². The lowest BCUT2D eigenvalue weighted by Gasteiger charge is -2.18. The van der Waals surface area contributed by atoms with Gasteiger partial charge in [0.15, 0.2) is 0 Å². The number of furan rings is 1. The van der Waals surface area contributed by atoms with E-state index in [9.17, 15) is 0 Å². The monoisotopic (exact) mass is 270 g/mol. The summed E-state index contributed by atoms with van der Waals surface area (Å²) in [6, 6.07) is 12.7. The summed E-state index contributed by atoms with van der Waals surface area (Å²) in [5.41, 5.74) is 2.77. The molecule has 3 rings (SSSR count). The van der Waals surface area contributed by atoms with Gasteiger partial charge in [0.2, 0.25) is 0 Å². The van der Waals surface area contributed by atoms with Crippen LogP contribution in [0.25, 0.3) is 0 Å². The Labute approximate surface area is 120 Å². The van der Waals surface area contributed by atoms with E-state index >= 15 is 0 Å². The molecule has 0 saturated heterocycles. The topological polar surface area (TPSA) is 28.4 Å². The molecule has 1 N–H and O–H groups in total. The maximum atomic E-state index is 5.63. The summed E-state index contributed by atoms with van der Waals surface area (Å²) in [4.78, 5) is 2.33. The van der Waals surface area contributed by atoms with Crippen molar-refractivity contribution in [3.8, 4) is 0 Å². The third kappa shape index (κ3) is 2.88. The largest absolute Gasteiger partial charge is 0.465 e. The number of nitrogens with zero attached hydrogens (tertiary/aromatic N) is 1. The molecule has 3 nitrogen and oxygen atoms in total. The number of para-hydroxylation sites is 1. The van der Waals surface area contributed by atoms with Gasteiger partial charge in [0.25, 0.3) is 0 Å². The summed E-state index contributed by atoms with van der Waals surface area (Å²) in [5, 5.41) is 3.49. The standard InChI is InChI=1S/C17H22N2O/c1-13-7-8-15(20-13)12-19(2)10-9-14-11-18-17-6-4-3-5-16(14)17/h3-8,14,18H,9-12H2,1-2H3. The average molecular weight is 270 g/mol. The molecular formula is C17H22N2O. The van der Waals surface area contributed by atoms with Gasteiger partial charge in [0, 0.05) is 18.2 Å². The van der Waals surface area contributed by atoms with E-state index in [1.807, 2.05) is 13.0 Å². The molecule has 1 aliphatic heterocycles. The second-order valence-electron chi connectivity index (χ2n) is 5.70. The Morgan fingerprint density at radius 3 is 2.90 bits per heavy atom. The Hall–Kier alpha value is -1.74. The van der Waals surface area contributed by atoms with E-state index in [0.29, 0.717) is 5.92 Å². The Kier molecular flexibility index (Phi) is 3.79. The Morgan fingerprint density at radius 2 is 2.10 bits per heavy atom. The van der Waals surface area contributed by atoms with Crippen molar-refractivity contribution >= 4 is 5.69 Å². The highest BCUT2D eigenvalue weighted by Gasteiger charge is 2.21. The van der Waals surface area contributed by atoms with Gasteiger partial charge in [0.1, 0.15) is 11.5 Å². The van der Waals surface area contributed by atoms with Crippen LogP contribution in [0.5, 0.6) is 0 Å². The molecular weight excluding hydrogens is 248 g/mol. The lowest BCUT2D eigenvalue weighted by atomic mass is 9.98. The van der Waals surface area contributed by atoms with Gasteiger partial charge in [-0.3, -0.25) is 4.90 Å². The second kappa shape index (κ2) is 5.71. The highest BCUT2D eigenvalue weighted by molar-refractivity contribution is 5.57. The molecule has 2 heterocycles. The molecule has 0 radical (unpaired) electrons. The fourth-order valence-electron chi connectivity index (χ4n) is 2.91. The summed E-state index contributed by atoms with van der Waals surface area (Å²) >= 11 is 0. The molecule has 0 fully saturated rings. The molecule has 1 unspecified atom stereocenters. The smallest absolute Gasteiger partial charge is 0.118 e. The fourth-order valence-corrected chi connectivity index (χ4v) is 2.91. The van der Waals surface area contributed by atoms with E-state index in [1.165, 1.54) is 17.7 Å². The van der Waals surface area contributed by atoms with Crippen LogP contribution in [0.3, 0.4) is 0 Å². The van der Waals surface area contributed by atoms with Crippen LogP contribution >= 0.6 is 0 Å². The van der Waals surface area contributed by atoms with Crippen molar-refractivity contribution in [1.29, 1.82) is 0 Å². The SMILES string of the molecule is Cc1ccc(CN(C)CCC2CNc3ccccc32)o1. The van der Waals surface area contributed by atoms with Gasteiger partial charge >= 0.3 is 0 Å². The third-order valence-corrected chi connectivity index (χ3v) is 4.02. The first-order valence-electron chi connectivity index (χ1n) is 7.29. The van der Waals surface area contributed by atoms with Gasteiger partial charge in [0.05, 0.1) is 6.54 Å². The zero-order valence-electron chi connectivity index (χ0n) is 12.2. The van der Waals surface area contributed by atoms with E-state index in [0.717, 1.165) is 31.2 Å². The molecule has 106 valence electrons. The number of aryl methyl sites for hydroxylation is 1. The van der Waals surface area contributed by atoms with Crippen molar-refractivity contribution in [3.05, 3.63) is 53.5 Å². The molecule has 0 amide bonds. The lowest BCUT2D eigenvalue weighted by molar-refractivity contribution is 0.283. The molecule has 1 aromatic heterocycles. The summed E-state index contributed by atoms with van der Waals surface area (Å²) in [7, 11) is 2.16. The van der Waals surface area contributed by atoms with Crippen LogP contribution in [0.1, 0.15) is 29.4 Å². The first-order valence-corrected chi connectivity index (χ1v) is 7.29. The van der Waals surface area contributed by atoms with Crippen LogP contribution in [0.2, 0.25) is 0 Å². The van der Waals surface area contributed by atoms with Gasteiger partial charge in [-0.05, 0) is 50.7 Å². The summed E-state index contributed by atoms with van der Waals surface area (Å²) in [5.74, 6) is 2.67. The predicted octanol–water partition coefficient (Wildman–Crippen LogP) is 3.62. The Bertz CT molecular complexity index is 576. The van der Waals surface area contributed by atoms with E-state index in [1.54, 1.807) is 0 Å². The molecule has 1 atom stereocenters. The highest BCUT2D eigenvalue weighted by atomic mass is 16.3. The van der Waals surface area contributed by atoms with E-state index in [2.05, 4.69) is 47.6 Å². The number of anilines is 1. The number of nitrogens with one attached hydrogen (secondary N) is 1. The number of benzene rings is 1. The highest BCUT2D eigenvalue weighted by Crippen LogP contribution is 2.33. The molecule has 3 heteroatoms. The third-order valence-electron chi connectivity index (χ3n) is 4.02. The average Bonchev–Trinajstić information content (AvgIpc) is 3.03. The molecule has 2 aromatic rings. The fraction of sp³-hybridized carbons (Fsp3) is 0.412. The minimum Gasteiger partial charge on any atom is -0.465 e. The van der Waals surface area contributed by atoms with Crippen molar-refractivity contribution in [2.24, 2.45) is 0 Å². The van der Waals surface area contributed by atoms with Crippen molar-refractivity contribution < 1.29 is 4.42 Å². The summed E-state index contributed by atoms with van der Waals surface area (Å²) in [6.07, 6.45) is 1.18. The first kappa shape index (κ1) is 13.3. The normalized spacial score (nSPS) is 17.2. The second-order valence-corrected chi connectivity index (χ2v) is 5.70. The number of hydrogen-bond donors (Lipinski definition) is 1. The molecule has 1 aliphatic rings. The summed E-state index contributed by atoms with van der Waals surface area (Å²) in [6.45, 7) is 5.02. The minimum atomic E-state index is 0.631. The maximum Gasteiger partial charge on any atom is 0.118 e. The van der Waals surface area contributed by atoms with Gasteiger partial charge < -0.3 is 9.73 Å².